The number of aryl methyl sites for hydroxylation is 1. The number of nitrogens with zero attached hydrogens (tertiary/aromatic N) is 1. The van der Waals surface area contributed by atoms with Crippen LogP contribution in [0, 0.1) is 6.92 Å². The van der Waals surface area contributed by atoms with Gasteiger partial charge in [0.2, 0.25) is 0 Å². The van der Waals surface area contributed by atoms with Crippen molar-refractivity contribution in [2.75, 3.05) is 5.33 Å². The Kier molecular flexibility index (Phi) is 4.49. The maximum atomic E-state index is 11.7. The molecule has 0 fully saturated rings. The van der Waals surface area contributed by atoms with Crippen LogP contribution >= 0.6 is 15.9 Å². The van der Waals surface area contributed by atoms with Crippen LogP contribution in [-0.4, -0.2) is 19.5 Å². The standard InChI is InChI=1S/C10H13BrN2O2S/c1-8-3-5-10(6-4-8)16(14,15)13-12-9(2)7-11/h3-6,13H,7H2,1-2H3/b12-9+. The minimum absolute atomic E-state index is 0.212. The molecule has 0 aromatic heterocycles. The van der Waals surface area contributed by atoms with Crippen LogP contribution in [0.4, 0.5) is 0 Å². The van der Waals surface area contributed by atoms with E-state index >= 15 is 0 Å². The fraction of sp³-hybridized carbons (Fsp3) is 0.300. The Bertz CT molecular complexity index is 480. The van der Waals surface area contributed by atoms with Gasteiger partial charge in [-0.3, -0.25) is 0 Å². The summed E-state index contributed by atoms with van der Waals surface area (Å²) in [6, 6.07) is 6.60. The molecule has 0 atom stereocenters. The highest BCUT2D eigenvalue weighted by molar-refractivity contribution is 9.09. The molecular weight excluding hydrogens is 292 g/mol. The van der Waals surface area contributed by atoms with Crippen LogP contribution in [0.1, 0.15) is 12.5 Å². The molecule has 16 heavy (non-hydrogen) atoms. The minimum atomic E-state index is -3.54. The molecule has 4 nitrogen and oxygen atoms in total. The molecule has 1 aromatic carbocycles. The smallest absolute Gasteiger partial charge is 0.200 e. The molecule has 0 aliphatic carbocycles. The third kappa shape index (κ3) is 3.61. The first-order valence-electron chi connectivity index (χ1n) is 4.63. The van der Waals surface area contributed by atoms with E-state index in [1.165, 1.54) is 0 Å². The van der Waals surface area contributed by atoms with Crippen molar-refractivity contribution in [3.05, 3.63) is 29.8 Å². The molecule has 0 amide bonds. The molecule has 0 saturated carbocycles. The number of benzene rings is 1. The Labute approximate surface area is 104 Å². The van der Waals surface area contributed by atoms with Crippen LogP contribution < -0.4 is 4.83 Å². The van der Waals surface area contributed by atoms with E-state index in [4.69, 9.17) is 0 Å². The van der Waals surface area contributed by atoms with Gasteiger partial charge in [-0.05, 0) is 26.0 Å². The molecule has 0 aliphatic rings. The molecule has 0 aliphatic heterocycles. The zero-order chi connectivity index (χ0) is 12.2. The predicted molar refractivity (Wildman–Crippen MR) is 68.4 cm³/mol. The van der Waals surface area contributed by atoms with E-state index in [1.807, 2.05) is 6.92 Å². The molecule has 1 aromatic rings. The van der Waals surface area contributed by atoms with Crippen molar-refractivity contribution in [2.45, 2.75) is 18.7 Å². The summed E-state index contributed by atoms with van der Waals surface area (Å²) in [5, 5.41) is 4.28. The highest BCUT2D eigenvalue weighted by Crippen LogP contribution is 2.09. The maximum absolute atomic E-state index is 11.7. The van der Waals surface area contributed by atoms with Crippen LogP contribution in [0.5, 0.6) is 0 Å². The molecule has 1 rings (SSSR count). The van der Waals surface area contributed by atoms with Gasteiger partial charge in [0.1, 0.15) is 0 Å². The van der Waals surface area contributed by atoms with Crippen LogP contribution in [0.25, 0.3) is 0 Å². The van der Waals surface area contributed by atoms with Gasteiger partial charge >= 0.3 is 0 Å². The number of halogens is 1. The van der Waals surface area contributed by atoms with Crippen LogP contribution in [0.2, 0.25) is 0 Å². The molecule has 0 bridgehead atoms. The topological polar surface area (TPSA) is 58.5 Å². The van der Waals surface area contributed by atoms with E-state index in [-0.39, 0.29) is 4.90 Å². The molecule has 0 radical (unpaired) electrons. The summed E-state index contributed by atoms with van der Waals surface area (Å²) >= 11 is 3.18. The first-order valence-corrected chi connectivity index (χ1v) is 7.24. The number of hydrogen-bond acceptors (Lipinski definition) is 3. The Morgan fingerprint density at radius 3 is 2.44 bits per heavy atom. The van der Waals surface area contributed by atoms with E-state index in [0.717, 1.165) is 5.56 Å². The third-order valence-corrected chi connectivity index (χ3v) is 3.92. The lowest BCUT2D eigenvalue weighted by atomic mass is 10.2. The van der Waals surface area contributed by atoms with E-state index in [0.29, 0.717) is 11.0 Å². The van der Waals surface area contributed by atoms with Gasteiger partial charge in [0.05, 0.1) is 4.90 Å². The fourth-order valence-electron chi connectivity index (χ4n) is 0.938. The highest BCUT2D eigenvalue weighted by atomic mass is 79.9. The predicted octanol–water partition coefficient (Wildman–Crippen LogP) is 2.04. The first-order chi connectivity index (χ1) is 7.45. The Morgan fingerprint density at radius 1 is 1.38 bits per heavy atom. The van der Waals surface area contributed by atoms with Gasteiger partial charge in [-0.1, -0.05) is 33.6 Å². The zero-order valence-corrected chi connectivity index (χ0v) is 11.5. The van der Waals surface area contributed by atoms with E-state index < -0.39 is 10.0 Å². The summed E-state index contributed by atoms with van der Waals surface area (Å²) < 4.78 is 23.5. The zero-order valence-electron chi connectivity index (χ0n) is 9.07. The maximum Gasteiger partial charge on any atom is 0.276 e. The average Bonchev–Trinajstić information content (AvgIpc) is 2.26. The second-order valence-electron chi connectivity index (χ2n) is 3.39. The summed E-state index contributed by atoms with van der Waals surface area (Å²) in [5.41, 5.74) is 1.68. The van der Waals surface area contributed by atoms with Crippen molar-refractivity contribution in [1.29, 1.82) is 0 Å². The number of hydrazone groups is 1. The van der Waals surface area contributed by atoms with Crippen LogP contribution in [0.3, 0.4) is 0 Å². The molecule has 0 unspecified atom stereocenters. The van der Waals surface area contributed by atoms with Gasteiger partial charge < -0.3 is 0 Å². The molecule has 1 N–H and O–H groups in total. The quantitative estimate of drug-likeness (QED) is 0.526. The van der Waals surface area contributed by atoms with E-state index in [1.54, 1.807) is 31.2 Å². The normalized spacial score (nSPS) is 12.6. The van der Waals surface area contributed by atoms with Crippen molar-refractivity contribution in [3.8, 4) is 0 Å². The molecule has 6 heteroatoms. The van der Waals surface area contributed by atoms with Gasteiger partial charge in [0, 0.05) is 11.0 Å². The first kappa shape index (κ1) is 13.2. The van der Waals surface area contributed by atoms with Gasteiger partial charge in [-0.25, -0.2) is 4.83 Å². The van der Waals surface area contributed by atoms with Crippen molar-refractivity contribution in [3.63, 3.8) is 0 Å². The molecule has 0 spiro atoms. The highest BCUT2D eigenvalue weighted by Gasteiger charge is 2.11. The van der Waals surface area contributed by atoms with E-state index in [2.05, 4.69) is 25.9 Å². The van der Waals surface area contributed by atoms with Gasteiger partial charge in [0.25, 0.3) is 10.0 Å². The summed E-state index contributed by atoms with van der Waals surface area (Å²) in [4.78, 5) is 2.39. The average molecular weight is 305 g/mol. The monoisotopic (exact) mass is 304 g/mol. The molecule has 0 heterocycles. The number of alkyl halides is 1. The number of sulfonamides is 1. The van der Waals surface area contributed by atoms with Crippen LogP contribution in [0.15, 0.2) is 34.3 Å². The summed E-state index contributed by atoms with van der Waals surface area (Å²) in [5.74, 6) is 0. The van der Waals surface area contributed by atoms with Crippen molar-refractivity contribution >= 4 is 31.7 Å². The van der Waals surface area contributed by atoms with Crippen LogP contribution in [-0.2, 0) is 10.0 Å². The lowest BCUT2D eigenvalue weighted by Gasteiger charge is -2.04. The second kappa shape index (κ2) is 5.45. The number of hydrogen-bond donors (Lipinski definition) is 1. The Balaban J connectivity index is 2.91. The van der Waals surface area contributed by atoms with E-state index in [9.17, 15) is 8.42 Å². The van der Waals surface area contributed by atoms with Crippen molar-refractivity contribution in [2.24, 2.45) is 5.10 Å². The van der Waals surface area contributed by atoms with Gasteiger partial charge in [0.15, 0.2) is 0 Å². The Morgan fingerprint density at radius 2 is 1.94 bits per heavy atom. The van der Waals surface area contributed by atoms with Crippen molar-refractivity contribution in [1.82, 2.24) is 4.83 Å². The third-order valence-electron chi connectivity index (χ3n) is 1.88. The minimum Gasteiger partial charge on any atom is -0.200 e. The summed E-state index contributed by atoms with van der Waals surface area (Å²) in [7, 11) is -3.54. The number of rotatable bonds is 4. The SMILES string of the molecule is C/C(CBr)=N\NS(=O)(=O)c1ccc(C)cc1. The van der Waals surface area contributed by atoms with Gasteiger partial charge in [-0.2, -0.15) is 13.5 Å². The largest absolute Gasteiger partial charge is 0.276 e. The lowest BCUT2D eigenvalue weighted by Crippen LogP contribution is -2.19. The lowest BCUT2D eigenvalue weighted by molar-refractivity contribution is 0.584. The molecule has 88 valence electrons. The summed E-state index contributed by atoms with van der Waals surface area (Å²) in [6.07, 6.45) is 0. The summed E-state index contributed by atoms with van der Waals surface area (Å²) in [6.45, 7) is 3.63. The Hall–Kier alpha value is -0.880. The van der Waals surface area contributed by atoms with Gasteiger partial charge in [-0.15, -0.1) is 0 Å². The van der Waals surface area contributed by atoms with Crippen molar-refractivity contribution < 1.29 is 8.42 Å². The molecular formula is C10H13BrN2O2S. The second-order valence-corrected chi connectivity index (χ2v) is 5.61. The number of nitrogens with one attached hydrogen (secondary N) is 1. The molecule has 0 saturated heterocycles. The fourth-order valence-corrected chi connectivity index (χ4v) is 1.94.